The van der Waals surface area contributed by atoms with Crippen LogP contribution in [0.25, 0.3) is 0 Å². The van der Waals surface area contributed by atoms with Gasteiger partial charge in [0.1, 0.15) is 5.92 Å². The summed E-state index contributed by atoms with van der Waals surface area (Å²) in [6.07, 6.45) is -0.254. The third-order valence-electron chi connectivity index (χ3n) is 2.73. The molecule has 1 atom stereocenters. The molecule has 0 saturated carbocycles. The first kappa shape index (κ1) is 16.3. The van der Waals surface area contributed by atoms with Crippen LogP contribution in [0.1, 0.15) is 45.4 Å². The van der Waals surface area contributed by atoms with E-state index in [0.717, 1.165) is 30.6 Å². The van der Waals surface area contributed by atoms with E-state index in [1.165, 1.54) is 14.1 Å². The van der Waals surface area contributed by atoms with E-state index in [-0.39, 0.29) is 6.42 Å². The molecule has 0 aliphatic carbocycles. The van der Waals surface area contributed by atoms with Gasteiger partial charge in [0.25, 0.3) is 0 Å². The fourth-order valence-electron chi connectivity index (χ4n) is 1.69. The third-order valence-corrected chi connectivity index (χ3v) is 2.73. The first-order valence-corrected chi connectivity index (χ1v) is 6.08. The van der Waals surface area contributed by atoms with E-state index in [0.29, 0.717) is 6.42 Å². The van der Waals surface area contributed by atoms with Crippen molar-refractivity contribution in [1.82, 2.24) is 4.90 Å². The van der Waals surface area contributed by atoms with Gasteiger partial charge in [-0.25, -0.2) is 0 Å². The second kappa shape index (κ2) is 7.56. The first-order valence-electron chi connectivity index (χ1n) is 6.08. The summed E-state index contributed by atoms with van der Waals surface area (Å²) in [6.45, 7) is 2.05. The number of hydrogen-bond donors (Lipinski definition) is 0. The molecule has 0 aromatic carbocycles. The minimum atomic E-state index is -4.42. The summed E-state index contributed by atoms with van der Waals surface area (Å²) in [4.78, 5) is 12.4. The van der Waals surface area contributed by atoms with Gasteiger partial charge in [-0.1, -0.05) is 39.0 Å². The maximum atomic E-state index is 12.7. The van der Waals surface area contributed by atoms with Crippen LogP contribution in [0.5, 0.6) is 0 Å². The van der Waals surface area contributed by atoms with E-state index in [1.807, 2.05) is 6.92 Å². The highest BCUT2D eigenvalue weighted by atomic mass is 19.4. The molecule has 102 valence electrons. The second-order valence-electron chi connectivity index (χ2n) is 4.53. The monoisotopic (exact) mass is 253 g/mol. The maximum absolute atomic E-state index is 12.7. The average molecular weight is 253 g/mol. The number of unbranched alkanes of at least 4 members (excludes halogenated alkanes) is 4. The van der Waals surface area contributed by atoms with Crippen LogP contribution in [0.15, 0.2) is 0 Å². The van der Waals surface area contributed by atoms with E-state index >= 15 is 0 Å². The van der Waals surface area contributed by atoms with Gasteiger partial charge in [-0.3, -0.25) is 4.79 Å². The Balaban J connectivity index is 4.18. The highest BCUT2D eigenvalue weighted by Crippen LogP contribution is 2.31. The Morgan fingerprint density at radius 3 is 2.06 bits per heavy atom. The van der Waals surface area contributed by atoms with Crippen LogP contribution in [0.4, 0.5) is 13.2 Å². The van der Waals surface area contributed by atoms with Crippen LogP contribution in [-0.4, -0.2) is 31.1 Å². The molecular formula is C12H22F3NO. The molecule has 0 aliphatic rings. The predicted octanol–water partition coefficient (Wildman–Crippen LogP) is 3.61. The molecule has 0 aromatic rings. The molecule has 0 fully saturated rings. The molecular weight excluding hydrogens is 231 g/mol. The van der Waals surface area contributed by atoms with Crippen molar-refractivity contribution in [3.8, 4) is 0 Å². The van der Waals surface area contributed by atoms with E-state index in [9.17, 15) is 18.0 Å². The van der Waals surface area contributed by atoms with Crippen molar-refractivity contribution in [3.63, 3.8) is 0 Å². The summed E-state index contributed by atoms with van der Waals surface area (Å²) in [5.74, 6) is -2.67. The van der Waals surface area contributed by atoms with Gasteiger partial charge in [-0.2, -0.15) is 13.2 Å². The van der Waals surface area contributed by atoms with Crippen molar-refractivity contribution >= 4 is 5.91 Å². The Labute approximate surface area is 101 Å². The molecule has 1 unspecified atom stereocenters. The van der Waals surface area contributed by atoms with E-state index in [2.05, 4.69) is 0 Å². The summed E-state index contributed by atoms with van der Waals surface area (Å²) in [7, 11) is 2.72. The summed E-state index contributed by atoms with van der Waals surface area (Å²) in [5.41, 5.74) is 0. The SMILES string of the molecule is CCCCCCCC(C(=O)N(C)C)C(F)(F)F. The molecule has 0 spiro atoms. The smallest absolute Gasteiger partial charge is 0.348 e. The molecule has 0 aliphatic heterocycles. The number of amides is 1. The van der Waals surface area contributed by atoms with Gasteiger partial charge in [0.05, 0.1) is 0 Å². The molecule has 0 N–H and O–H groups in total. The zero-order chi connectivity index (χ0) is 13.5. The van der Waals surface area contributed by atoms with Crippen molar-refractivity contribution in [3.05, 3.63) is 0 Å². The van der Waals surface area contributed by atoms with E-state index < -0.39 is 18.0 Å². The minimum Gasteiger partial charge on any atom is -0.348 e. The zero-order valence-corrected chi connectivity index (χ0v) is 10.8. The Morgan fingerprint density at radius 2 is 1.65 bits per heavy atom. The average Bonchev–Trinajstić information content (AvgIpc) is 2.20. The lowest BCUT2D eigenvalue weighted by Gasteiger charge is -2.22. The van der Waals surface area contributed by atoms with Crippen molar-refractivity contribution in [2.45, 2.75) is 51.6 Å². The molecule has 0 rings (SSSR count). The van der Waals surface area contributed by atoms with Gasteiger partial charge < -0.3 is 4.90 Å². The standard InChI is InChI=1S/C12H22F3NO/c1-4-5-6-7-8-9-10(12(13,14)15)11(17)16(2)3/h10H,4-9H2,1-3H3. The normalized spacial score (nSPS) is 13.5. The highest BCUT2D eigenvalue weighted by molar-refractivity contribution is 5.79. The largest absolute Gasteiger partial charge is 0.400 e. The molecule has 0 heterocycles. The van der Waals surface area contributed by atoms with Gasteiger partial charge in [-0.05, 0) is 6.42 Å². The number of rotatable bonds is 7. The van der Waals surface area contributed by atoms with Crippen molar-refractivity contribution < 1.29 is 18.0 Å². The summed E-state index contributed by atoms with van der Waals surface area (Å²) >= 11 is 0. The van der Waals surface area contributed by atoms with Crippen LogP contribution in [0, 0.1) is 5.92 Å². The molecule has 0 bridgehead atoms. The number of halogens is 3. The fraction of sp³-hybridized carbons (Fsp3) is 0.917. The summed E-state index contributed by atoms with van der Waals surface area (Å²) in [6, 6.07) is 0. The molecule has 0 radical (unpaired) electrons. The number of nitrogens with zero attached hydrogens (tertiary/aromatic N) is 1. The topological polar surface area (TPSA) is 20.3 Å². The Morgan fingerprint density at radius 1 is 1.12 bits per heavy atom. The van der Waals surface area contributed by atoms with Gasteiger partial charge in [-0.15, -0.1) is 0 Å². The van der Waals surface area contributed by atoms with E-state index in [4.69, 9.17) is 0 Å². The zero-order valence-electron chi connectivity index (χ0n) is 10.8. The lowest BCUT2D eigenvalue weighted by Crippen LogP contribution is -2.38. The quantitative estimate of drug-likeness (QED) is 0.635. The number of carbonyl (C=O) groups is 1. The first-order chi connectivity index (χ1) is 7.80. The summed E-state index contributed by atoms with van der Waals surface area (Å²) in [5, 5.41) is 0. The molecule has 2 nitrogen and oxygen atoms in total. The summed E-state index contributed by atoms with van der Waals surface area (Å²) < 4.78 is 38.0. The second-order valence-corrected chi connectivity index (χ2v) is 4.53. The van der Waals surface area contributed by atoms with Gasteiger partial charge >= 0.3 is 6.18 Å². The van der Waals surface area contributed by atoms with Crippen LogP contribution in [-0.2, 0) is 4.79 Å². The van der Waals surface area contributed by atoms with Crippen molar-refractivity contribution in [2.24, 2.45) is 5.92 Å². The third kappa shape index (κ3) is 6.54. The predicted molar refractivity (Wildman–Crippen MR) is 61.6 cm³/mol. The molecule has 5 heteroatoms. The molecule has 17 heavy (non-hydrogen) atoms. The van der Waals surface area contributed by atoms with Crippen molar-refractivity contribution in [1.29, 1.82) is 0 Å². The highest BCUT2D eigenvalue weighted by Gasteiger charge is 2.44. The van der Waals surface area contributed by atoms with Crippen LogP contribution in [0.2, 0.25) is 0 Å². The number of alkyl halides is 3. The fourth-order valence-corrected chi connectivity index (χ4v) is 1.69. The Bertz CT molecular complexity index is 226. The van der Waals surface area contributed by atoms with Crippen LogP contribution >= 0.6 is 0 Å². The van der Waals surface area contributed by atoms with Crippen molar-refractivity contribution in [2.75, 3.05) is 14.1 Å². The molecule has 0 aromatic heterocycles. The Hall–Kier alpha value is -0.740. The lowest BCUT2D eigenvalue weighted by molar-refractivity contribution is -0.189. The minimum absolute atomic E-state index is 0.0930. The molecule has 0 saturated heterocycles. The van der Waals surface area contributed by atoms with Gasteiger partial charge in [0.15, 0.2) is 0 Å². The van der Waals surface area contributed by atoms with E-state index in [1.54, 1.807) is 0 Å². The Kier molecular flexibility index (Phi) is 7.23. The number of carbonyl (C=O) groups excluding carboxylic acids is 1. The lowest BCUT2D eigenvalue weighted by atomic mass is 9.98. The van der Waals surface area contributed by atoms with Gasteiger partial charge in [0, 0.05) is 14.1 Å². The van der Waals surface area contributed by atoms with Gasteiger partial charge in [0.2, 0.25) is 5.91 Å². The molecule has 1 amide bonds. The van der Waals surface area contributed by atoms with Crippen LogP contribution < -0.4 is 0 Å². The maximum Gasteiger partial charge on any atom is 0.400 e. The number of hydrogen-bond acceptors (Lipinski definition) is 1. The van der Waals surface area contributed by atoms with Crippen LogP contribution in [0.3, 0.4) is 0 Å².